The van der Waals surface area contributed by atoms with Crippen LogP contribution in [0.25, 0.3) is 11.2 Å². The number of aliphatic hydroxyl groups is 2. The molecule has 0 aliphatic carbocycles. The van der Waals surface area contributed by atoms with Crippen LogP contribution in [0.2, 0.25) is 0 Å². The number of aromatic amines is 1. The zero-order valence-corrected chi connectivity index (χ0v) is 22.2. The van der Waals surface area contributed by atoms with E-state index in [1.807, 2.05) is 0 Å². The van der Waals surface area contributed by atoms with Gasteiger partial charge >= 0.3 is 13.5 Å². The summed E-state index contributed by atoms with van der Waals surface area (Å²) in [6.45, 7) is 0.330. The van der Waals surface area contributed by atoms with Crippen LogP contribution in [0.4, 0.5) is 5.82 Å². The number of phosphoric acid groups is 1. The maximum absolute atomic E-state index is 12.9. The summed E-state index contributed by atoms with van der Waals surface area (Å²) in [5.41, 5.74) is 5.42. The largest absolute Gasteiger partial charge is 0.472 e. The van der Waals surface area contributed by atoms with Crippen molar-refractivity contribution in [2.24, 2.45) is 0 Å². The molecule has 8 atom stereocenters. The number of nitrogens with two attached hydrogens (primary N) is 1. The van der Waals surface area contributed by atoms with Crippen LogP contribution in [0, 0.1) is 6.92 Å². The molecule has 40 heavy (non-hydrogen) atoms. The zero-order valence-electron chi connectivity index (χ0n) is 21.3. The number of ether oxygens (including phenoxy) is 3. The summed E-state index contributed by atoms with van der Waals surface area (Å²) in [6.07, 6.45) is -3.74. The summed E-state index contributed by atoms with van der Waals surface area (Å²) in [5.74, 6) is 0.134. The van der Waals surface area contributed by atoms with E-state index in [1.54, 1.807) is 0 Å². The third-order valence-electron chi connectivity index (χ3n) is 6.72. The van der Waals surface area contributed by atoms with Crippen molar-refractivity contribution in [3.05, 3.63) is 45.3 Å². The van der Waals surface area contributed by atoms with E-state index < -0.39 is 75.3 Å². The van der Waals surface area contributed by atoms with Crippen molar-refractivity contribution in [1.82, 2.24) is 29.1 Å². The van der Waals surface area contributed by atoms with E-state index in [0.717, 1.165) is 4.57 Å². The first-order valence-electron chi connectivity index (χ1n) is 12.1. The highest BCUT2D eigenvalue weighted by atomic mass is 31.2. The number of hydrogen-bond donors (Lipinski definition) is 5. The second kappa shape index (κ2) is 11.1. The van der Waals surface area contributed by atoms with E-state index >= 15 is 0 Å². The van der Waals surface area contributed by atoms with E-state index in [2.05, 4.69) is 19.9 Å². The first kappa shape index (κ1) is 28.5. The third-order valence-corrected chi connectivity index (χ3v) is 7.70. The Hall–Kier alpha value is -3.06. The highest BCUT2D eigenvalue weighted by Gasteiger charge is 2.50. The molecule has 2 saturated heterocycles. The van der Waals surface area contributed by atoms with Gasteiger partial charge in [0.1, 0.15) is 42.5 Å². The molecule has 0 bridgehead atoms. The molecule has 3 aromatic heterocycles. The van der Waals surface area contributed by atoms with Crippen LogP contribution in [-0.2, 0) is 27.8 Å². The average Bonchev–Trinajstić information content (AvgIpc) is 3.60. The predicted molar refractivity (Wildman–Crippen MR) is 133 cm³/mol. The third kappa shape index (κ3) is 5.32. The minimum atomic E-state index is -4.85. The fraction of sp³-hybridized carbons (Fsp3) is 0.571. The van der Waals surface area contributed by atoms with E-state index in [1.165, 1.54) is 37.5 Å². The number of aryl methyl sites for hydroxylation is 1. The molecule has 6 N–H and O–H groups in total. The Kier molecular flexibility index (Phi) is 7.88. The van der Waals surface area contributed by atoms with Gasteiger partial charge in [-0.3, -0.25) is 28.0 Å². The molecular formula is C21H28N7O11P. The van der Waals surface area contributed by atoms with Crippen molar-refractivity contribution in [1.29, 1.82) is 0 Å². The van der Waals surface area contributed by atoms with Crippen molar-refractivity contribution < 1.29 is 42.9 Å². The zero-order chi connectivity index (χ0) is 28.8. The summed E-state index contributed by atoms with van der Waals surface area (Å²) >= 11 is 0. The molecule has 0 aromatic carbocycles. The lowest BCUT2D eigenvalue weighted by molar-refractivity contribution is -0.0583. The van der Waals surface area contributed by atoms with E-state index in [9.17, 15) is 29.3 Å². The molecule has 2 aliphatic heterocycles. The smallest absolute Gasteiger partial charge is 0.394 e. The number of fused-ring (bicyclic) bond motifs is 1. The number of rotatable bonds is 9. The van der Waals surface area contributed by atoms with Crippen molar-refractivity contribution in [2.75, 3.05) is 26.1 Å². The highest BCUT2D eigenvalue weighted by molar-refractivity contribution is 7.47. The molecular weight excluding hydrogens is 557 g/mol. The average molecular weight is 585 g/mol. The minimum absolute atomic E-state index is 0.0422. The Morgan fingerprint density at radius 3 is 2.70 bits per heavy atom. The Balaban J connectivity index is 1.27. The molecule has 18 nitrogen and oxygen atoms in total. The van der Waals surface area contributed by atoms with Gasteiger partial charge < -0.3 is 35.1 Å². The number of methoxy groups -OCH3 is 1. The molecule has 0 saturated carbocycles. The number of nitrogens with one attached hydrogen (secondary N) is 1. The maximum Gasteiger partial charge on any atom is 0.472 e. The van der Waals surface area contributed by atoms with Gasteiger partial charge in [-0.15, -0.1) is 0 Å². The number of H-pyrrole nitrogens is 1. The molecule has 2 fully saturated rings. The van der Waals surface area contributed by atoms with Gasteiger partial charge in [-0.1, -0.05) is 0 Å². The number of phosphoric ester groups is 1. The lowest BCUT2D eigenvalue weighted by atomic mass is 10.1. The topological polar surface area (TPSA) is 248 Å². The number of imidazole rings is 1. The van der Waals surface area contributed by atoms with E-state index in [-0.39, 0.29) is 17.8 Å². The minimum Gasteiger partial charge on any atom is -0.394 e. The van der Waals surface area contributed by atoms with Crippen LogP contribution < -0.4 is 17.0 Å². The summed E-state index contributed by atoms with van der Waals surface area (Å²) in [6, 6.07) is 0. The van der Waals surface area contributed by atoms with Crippen molar-refractivity contribution in [2.45, 2.75) is 56.3 Å². The molecule has 218 valence electrons. The van der Waals surface area contributed by atoms with Gasteiger partial charge in [0.2, 0.25) is 0 Å². The van der Waals surface area contributed by atoms with E-state index in [4.69, 9.17) is 29.0 Å². The van der Waals surface area contributed by atoms with Gasteiger partial charge in [-0.05, 0) is 6.92 Å². The van der Waals surface area contributed by atoms with Gasteiger partial charge in [0.25, 0.3) is 5.56 Å². The second-order valence-corrected chi connectivity index (χ2v) is 10.7. The number of nitrogens with zero attached hydrogens (tertiary/aromatic N) is 5. The fourth-order valence-electron chi connectivity index (χ4n) is 4.70. The van der Waals surface area contributed by atoms with Gasteiger partial charge in [0.15, 0.2) is 17.7 Å². The Morgan fingerprint density at radius 1 is 1.20 bits per heavy atom. The van der Waals surface area contributed by atoms with Crippen molar-refractivity contribution in [3.63, 3.8) is 0 Å². The monoisotopic (exact) mass is 585 g/mol. The quantitative estimate of drug-likeness (QED) is 0.176. The van der Waals surface area contributed by atoms with Crippen LogP contribution in [0.1, 0.15) is 24.4 Å². The Labute approximate surface area is 224 Å². The van der Waals surface area contributed by atoms with Gasteiger partial charge in [0, 0.05) is 25.3 Å². The van der Waals surface area contributed by atoms with Crippen LogP contribution in [0.5, 0.6) is 0 Å². The number of hydrogen-bond acceptors (Lipinski definition) is 14. The predicted octanol–water partition coefficient (Wildman–Crippen LogP) is -1.68. The summed E-state index contributed by atoms with van der Waals surface area (Å²) in [7, 11) is -3.52. The summed E-state index contributed by atoms with van der Waals surface area (Å²) in [5, 5.41) is 20.3. The molecule has 19 heteroatoms. The molecule has 5 rings (SSSR count). The van der Waals surface area contributed by atoms with Crippen molar-refractivity contribution >= 4 is 24.8 Å². The normalized spacial score (nSPS) is 30.2. The molecule has 3 aromatic rings. The van der Waals surface area contributed by atoms with Crippen LogP contribution in [0.15, 0.2) is 28.4 Å². The SMILES string of the molecule is CO[C@@H]1[C@H](OP(=O)(O)OC[C@H]2O[C@@H](n3cc(C)c(=O)[nH]c3=O)C[C@@H]2O)[C@@H](CO)O[C@H]1n1cnc2c(N)ncnc21. The van der Waals surface area contributed by atoms with Gasteiger partial charge in [-0.2, -0.15) is 0 Å². The molecule has 1 unspecified atom stereocenters. The molecule has 2 aliphatic rings. The molecule has 0 amide bonds. The summed E-state index contributed by atoms with van der Waals surface area (Å²) < 4.78 is 43.0. The molecule has 5 heterocycles. The summed E-state index contributed by atoms with van der Waals surface area (Å²) in [4.78, 5) is 48.7. The first-order valence-corrected chi connectivity index (χ1v) is 13.6. The van der Waals surface area contributed by atoms with Crippen LogP contribution >= 0.6 is 7.82 Å². The number of aromatic nitrogens is 6. The first-order chi connectivity index (χ1) is 19.0. The van der Waals surface area contributed by atoms with Gasteiger partial charge in [-0.25, -0.2) is 24.3 Å². The number of nitrogen functional groups attached to an aromatic ring is 1. The lowest BCUT2D eigenvalue weighted by Crippen LogP contribution is -2.37. The lowest BCUT2D eigenvalue weighted by Gasteiger charge is -2.25. The highest BCUT2D eigenvalue weighted by Crippen LogP contribution is 2.49. The van der Waals surface area contributed by atoms with Crippen LogP contribution in [0.3, 0.4) is 0 Å². The number of aliphatic hydroxyl groups excluding tert-OH is 2. The van der Waals surface area contributed by atoms with Gasteiger partial charge in [0.05, 0.1) is 25.6 Å². The maximum atomic E-state index is 12.9. The van der Waals surface area contributed by atoms with E-state index in [0.29, 0.717) is 11.2 Å². The fourth-order valence-corrected chi connectivity index (χ4v) is 5.66. The molecule has 0 spiro atoms. The molecule has 0 radical (unpaired) electrons. The Bertz CT molecular complexity index is 1540. The number of anilines is 1. The van der Waals surface area contributed by atoms with Crippen LogP contribution in [-0.4, -0.2) is 95.0 Å². The van der Waals surface area contributed by atoms with Crippen molar-refractivity contribution in [3.8, 4) is 0 Å². The standard InChI is InChI=1S/C21H28N7O11P/c1-9-4-27(21(32)26-19(9)31)13-3-10(30)12(37-13)6-36-40(33,34)39-15-11(5-29)38-20(16(15)35-2)28-8-25-14-17(22)23-7-24-18(14)28/h4,7-8,10-13,15-16,20,29-30H,3,5-6H2,1-2H3,(H,33,34)(H2,22,23,24)(H,26,31,32)/t10-,11+,12+,13+,15+,16+,20+/m0/s1. The Morgan fingerprint density at radius 2 is 1.98 bits per heavy atom. The second-order valence-electron chi connectivity index (χ2n) is 9.28.